The van der Waals surface area contributed by atoms with Gasteiger partial charge in [0.15, 0.2) is 0 Å². The molecule has 0 saturated carbocycles. The van der Waals surface area contributed by atoms with Crippen LogP contribution in [0.2, 0.25) is 0 Å². The molecule has 0 bridgehead atoms. The van der Waals surface area contributed by atoms with Crippen LogP contribution in [0.5, 0.6) is 0 Å². The Labute approximate surface area is 130 Å². The Balaban J connectivity index is 2.21. The molecule has 3 aromatic rings. The minimum absolute atomic E-state index is 0.304. The molecule has 0 aliphatic rings. The summed E-state index contributed by atoms with van der Waals surface area (Å²) in [4.78, 5) is 4.32. The average Bonchev–Trinajstić information content (AvgIpc) is 2.51. The van der Waals surface area contributed by atoms with Gasteiger partial charge < -0.3 is 0 Å². The maximum Gasteiger partial charge on any atom is 0.128 e. The molecule has 3 rings (SSSR count). The zero-order valence-electron chi connectivity index (χ0n) is 11.1. The molecule has 1 atom stereocenters. The monoisotopic (exact) mass is 345 g/mol. The van der Waals surface area contributed by atoms with Gasteiger partial charge in [-0.2, -0.15) is 0 Å². The van der Waals surface area contributed by atoms with E-state index in [-0.39, 0.29) is 5.82 Å². The zero-order chi connectivity index (χ0) is 14.8. The fourth-order valence-electron chi connectivity index (χ4n) is 2.46. The molecule has 0 radical (unpaired) electrons. The van der Waals surface area contributed by atoms with E-state index in [1.807, 2.05) is 30.3 Å². The lowest BCUT2D eigenvalue weighted by atomic mass is 9.95. The molecule has 0 saturated heterocycles. The summed E-state index contributed by atoms with van der Waals surface area (Å²) in [6, 6.07) is 13.9. The lowest BCUT2D eigenvalue weighted by Crippen LogP contribution is -2.29. The Kier molecular flexibility index (Phi) is 3.96. The number of nitrogens with zero attached hydrogens (tertiary/aromatic N) is 1. The topological polar surface area (TPSA) is 50.9 Å². The van der Waals surface area contributed by atoms with Gasteiger partial charge in [0.1, 0.15) is 5.82 Å². The van der Waals surface area contributed by atoms with Crippen molar-refractivity contribution in [2.24, 2.45) is 5.84 Å². The van der Waals surface area contributed by atoms with E-state index >= 15 is 0 Å². The molecule has 0 amide bonds. The first-order chi connectivity index (χ1) is 10.2. The van der Waals surface area contributed by atoms with Crippen LogP contribution in [0.4, 0.5) is 4.39 Å². The fourth-order valence-corrected chi connectivity index (χ4v) is 2.84. The molecular weight excluding hydrogens is 333 g/mol. The number of benzene rings is 2. The Morgan fingerprint density at radius 1 is 1.10 bits per heavy atom. The van der Waals surface area contributed by atoms with Gasteiger partial charge in [0, 0.05) is 21.6 Å². The second-order valence-electron chi connectivity index (χ2n) is 4.68. The van der Waals surface area contributed by atoms with E-state index in [0.717, 1.165) is 20.9 Å². The van der Waals surface area contributed by atoms with Gasteiger partial charge in [0.25, 0.3) is 0 Å². The molecule has 3 nitrogen and oxygen atoms in total. The van der Waals surface area contributed by atoms with Crippen molar-refractivity contribution >= 4 is 26.8 Å². The Bertz CT molecular complexity index is 786. The van der Waals surface area contributed by atoms with Crippen LogP contribution in [-0.2, 0) is 0 Å². The lowest BCUT2D eigenvalue weighted by Gasteiger charge is -2.19. The summed E-state index contributed by atoms with van der Waals surface area (Å²) in [5.41, 5.74) is 4.94. The first-order valence-electron chi connectivity index (χ1n) is 6.45. The SMILES string of the molecule is NNC(c1cc(Br)ccc1F)c1cccc2ncccc12. The standard InChI is InChI=1S/C16H13BrFN3/c17-10-6-7-14(18)13(9-10)16(21-19)12-3-1-5-15-11(12)4-2-8-20-15/h1-9,16,21H,19H2. The van der Waals surface area contributed by atoms with Crippen LogP contribution >= 0.6 is 15.9 Å². The molecule has 0 aliphatic heterocycles. The van der Waals surface area contributed by atoms with Crippen LogP contribution in [0.1, 0.15) is 17.2 Å². The molecule has 0 spiro atoms. The van der Waals surface area contributed by atoms with Crippen LogP contribution in [0.15, 0.2) is 59.2 Å². The van der Waals surface area contributed by atoms with E-state index in [4.69, 9.17) is 5.84 Å². The summed E-state index contributed by atoms with van der Waals surface area (Å²) in [5.74, 6) is 5.39. The third kappa shape index (κ3) is 2.68. The molecule has 5 heteroatoms. The van der Waals surface area contributed by atoms with Gasteiger partial charge in [-0.1, -0.05) is 34.1 Å². The summed E-state index contributed by atoms with van der Waals surface area (Å²) < 4.78 is 15.0. The van der Waals surface area contributed by atoms with E-state index in [2.05, 4.69) is 26.3 Å². The number of nitrogens with one attached hydrogen (secondary N) is 1. The molecule has 21 heavy (non-hydrogen) atoms. The smallest absolute Gasteiger partial charge is 0.128 e. The quantitative estimate of drug-likeness (QED) is 0.562. The molecule has 3 N–H and O–H groups in total. The van der Waals surface area contributed by atoms with Crippen molar-refractivity contribution in [3.63, 3.8) is 0 Å². The van der Waals surface area contributed by atoms with Crippen molar-refractivity contribution in [3.05, 3.63) is 76.1 Å². The summed E-state index contributed by atoms with van der Waals surface area (Å²) >= 11 is 3.37. The van der Waals surface area contributed by atoms with Crippen molar-refractivity contribution in [1.29, 1.82) is 0 Å². The highest BCUT2D eigenvalue weighted by Gasteiger charge is 2.19. The Hall–Kier alpha value is -1.82. The first-order valence-corrected chi connectivity index (χ1v) is 7.24. The number of hydrogen-bond acceptors (Lipinski definition) is 3. The van der Waals surface area contributed by atoms with Gasteiger partial charge in [-0.05, 0) is 35.9 Å². The molecule has 1 aromatic heterocycles. The molecule has 0 aliphatic carbocycles. The molecule has 0 fully saturated rings. The fraction of sp³-hybridized carbons (Fsp3) is 0.0625. The van der Waals surface area contributed by atoms with Crippen LogP contribution in [0.25, 0.3) is 10.9 Å². The average molecular weight is 346 g/mol. The number of aromatic nitrogens is 1. The largest absolute Gasteiger partial charge is 0.271 e. The number of fused-ring (bicyclic) bond motifs is 1. The molecular formula is C16H13BrFN3. The normalized spacial score (nSPS) is 12.5. The van der Waals surface area contributed by atoms with Crippen LogP contribution in [-0.4, -0.2) is 4.98 Å². The number of hydrazine groups is 1. The summed E-state index contributed by atoms with van der Waals surface area (Å²) in [6.07, 6.45) is 1.73. The van der Waals surface area contributed by atoms with E-state index in [1.54, 1.807) is 18.3 Å². The van der Waals surface area contributed by atoms with E-state index in [1.165, 1.54) is 6.07 Å². The van der Waals surface area contributed by atoms with Crippen LogP contribution in [0, 0.1) is 5.82 Å². The van der Waals surface area contributed by atoms with Crippen molar-refractivity contribution < 1.29 is 4.39 Å². The second-order valence-corrected chi connectivity index (χ2v) is 5.60. The number of hydrogen-bond donors (Lipinski definition) is 2. The highest BCUT2D eigenvalue weighted by atomic mass is 79.9. The van der Waals surface area contributed by atoms with Gasteiger partial charge in [-0.15, -0.1) is 0 Å². The number of nitrogens with two attached hydrogens (primary N) is 1. The Morgan fingerprint density at radius 3 is 2.76 bits per heavy atom. The lowest BCUT2D eigenvalue weighted by molar-refractivity contribution is 0.561. The van der Waals surface area contributed by atoms with Gasteiger partial charge in [-0.3, -0.25) is 10.8 Å². The van der Waals surface area contributed by atoms with E-state index in [0.29, 0.717) is 5.56 Å². The number of pyridine rings is 1. The highest BCUT2D eigenvalue weighted by molar-refractivity contribution is 9.10. The minimum atomic E-state index is -0.449. The summed E-state index contributed by atoms with van der Waals surface area (Å²) in [6.45, 7) is 0. The third-order valence-electron chi connectivity index (χ3n) is 3.43. The van der Waals surface area contributed by atoms with Gasteiger partial charge in [0.2, 0.25) is 0 Å². The maximum atomic E-state index is 14.2. The van der Waals surface area contributed by atoms with Gasteiger partial charge in [-0.25, -0.2) is 9.82 Å². The Morgan fingerprint density at radius 2 is 1.95 bits per heavy atom. The predicted octanol–water partition coefficient (Wildman–Crippen LogP) is 3.69. The molecule has 1 unspecified atom stereocenters. The van der Waals surface area contributed by atoms with Crippen molar-refractivity contribution in [2.45, 2.75) is 6.04 Å². The van der Waals surface area contributed by atoms with Gasteiger partial charge >= 0.3 is 0 Å². The maximum absolute atomic E-state index is 14.2. The summed E-state index contributed by atoms with van der Waals surface area (Å²) in [7, 11) is 0. The van der Waals surface area contributed by atoms with Crippen LogP contribution < -0.4 is 11.3 Å². The first kappa shape index (κ1) is 14.1. The molecule has 1 heterocycles. The molecule has 2 aromatic carbocycles. The predicted molar refractivity (Wildman–Crippen MR) is 85.0 cm³/mol. The number of halogens is 2. The van der Waals surface area contributed by atoms with Gasteiger partial charge in [0.05, 0.1) is 11.6 Å². The van der Waals surface area contributed by atoms with Crippen molar-refractivity contribution in [1.82, 2.24) is 10.4 Å². The third-order valence-corrected chi connectivity index (χ3v) is 3.92. The minimum Gasteiger partial charge on any atom is -0.271 e. The second kappa shape index (κ2) is 5.89. The van der Waals surface area contributed by atoms with E-state index in [9.17, 15) is 4.39 Å². The molecule has 106 valence electrons. The summed E-state index contributed by atoms with van der Waals surface area (Å²) in [5, 5.41) is 0.947. The van der Waals surface area contributed by atoms with Crippen molar-refractivity contribution in [3.8, 4) is 0 Å². The number of rotatable bonds is 3. The van der Waals surface area contributed by atoms with Crippen molar-refractivity contribution in [2.75, 3.05) is 0 Å². The highest BCUT2D eigenvalue weighted by Crippen LogP contribution is 2.30. The van der Waals surface area contributed by atoms with Crippen LogP contribution in [0.3, 0.4) is 0 Å². The zero-order valence-corrected chi connectivity index (χ0v) is 12.6. The van der Waals surface area contributed by atoms with E-state index < -0.39 is 6.04 Å².